The average molecular weight is 764 g/mol. The number of phenolic OH excluding ortho intramolecular Hbond substituents is 1. The average Bonchev–Trinajstić information content (AvgIpc) is 3.60. The van der Waals surface area contributed by atoms with E-state index < -0.39 is 12.2 Å². The van der Waals surface area contributed by atoms with Crippen molar-refractivity contribution in [3.63, 3.8) is 0 Å². The molecule has 0 aliphatic carbocycles. The highest BCUT2D eigenvalue weighted by atomic mass is 35.5. The number of hydrogen-bond acceptors (Lipinski definition) is 10. The molecule has 12 nitrogen and oxygen atoms in total. The molecule has 2 aromatic heterocycles. The van der Waals surface area contributed by atoms with Gasteiger partial charge >= 0.3 is 6.09 Å². The summed E-state index contributed by atoms with van der Waals surface area (Å²) in [4.78, 5) is 42.8. The topological polar surface area (TPSA) is 165 Å². The van der Waals surface area contributed by atoms with E-state index in [1.54, 1.807) is 42.5 Å². The fourth-order valence-corrected chi connectivity index (χ4v) is 7.38. The summed E-state index contributed by atoms with van der Waals surface area (Å²) in [5.74, 6) is -0.157. The van der Waals surface area contributed by atoms with Crippen LogP contribution in [0, 0.1) is 5.82 Å². The number of aromatic hydroxyl groups is 1. The molecule has 1 aliphatic rings. The quantitative estimate of drug-likeness (QED) is 0.0773. The van der Waals surface area contributed by atoms with Gasteiger partial charge in [0.1, 0.15) is 23.4 Å². The smallest absolute Gasteiger partial charge is 0.411 e. The Kier molecular flexibility index (Phi) is 12.3. The summed E-state index contributed by atoms with van der Waals surface area (Å²) in [5.41, 5.74) is 2.80. The number of piperidine rings is 1. The predicted octanol–water partition coefficient (Wildman–Crippen LogP) is 6.63. The molecule has 2 amide bonds. The van der Waals surface area contributed by atoms with Crippen LogP contribution in [-0.4, -0.2) is 71.5 Å². The molecule has 1 atom stereocenters. The lowest BCUT2D eigenvalue weighted by Crippen LogP contribution is -2.39. The highest BCUT2D eigenvalue weighted by Gasteiger charge is 2.24. The molecule has 1 fully saturated rings. The van der Waals surface area contributed by atoms with Crippen LogP contribution in [0.25, 0.3) is 21.3 Å². The van der Waals surface area contributed by atoms with Crippen LogP contribution in [0.5, 0.6) is 11.5 Å². The zero-order valence-corrected chi connectivity index (χ0v) is 30.4. The number of pyridine rings is 1. The van der Waals surface area contributed by atoms with Crippen molar-refractivity contribution >= 4 is 57.2 Å². The maximum atomic E-state index is 13.7. The second-order valence-corrected chi connectivity index (χ2v) is 13.9. The number of aliphatic hydroxyl groups is 1. The number of phenols is 1. The van der Waals surface area contributed by atoms with Crippen LogP contribution in [-0.2, 0) is 16.1 Å². The summed E-state index contributed by atoms with van der Waals surface area (Å²) in [6.07, 6.45) is -0.297. The molecule has 15 heteroatoms. The molecule has 0 bridgehead atoms. The maximum Gasteiger partial charge on any atom is 0.411 e. The maximum absolute atomic E-state index is 13.7. The van der Waals surface area contributed by atoms with Crippen LogP contribution < -0.4 is 26.2 Å². The number of halogens is 2. The van der Waals surface area contributed by atoms with Gasteiger partial charge in [-0.2, -0.15) is 0 Å². The van der Waals surface area contributed by atoms with E-state index in [0.717, 1.165) is 4.88 Å². The number of H-pyrrole nitrogens is 1. The van der Waals surface area contributed by atoms with Gasteiger partial charge in [0.15, 0.2) is 0 Å². The largest absolute Gasteiger partial charge is 0.506 e. The first-order chi connectivity index (χ1) is 25.6. The Hall–Kier alpha value is -4.99. The van der Waals surface area contributed by atoms with Gasteiger partial charge in [-0.15, -0.1) is 11.3 Å². The molecular formula is C38H39ClFN5O7S. The van der Waals surface area contributed by atoms with Crippen molar-refractivity contribution in [2.75, 3.05) is 43.9 Å². The van der Waals surface area contributed by atoms with E-state index >= 15 is 0 Å². The number of rotatable bonds is 13. The number of methoxy groups -OCH3 is 1. The number of anilines is 2. The summed E-state index contributed by atoms with van der Waals surface area (Å²) in [6.45, 7) is 2.29. The van der Waals surface area contributed by atoms with Gasteiger partial charge in [-0.05, 0) is 65.7 Å². The standard InChI is InChI=1S/C38H39ClFN5O7S/c1-51-33-19-30(28(39)18-23(33)20-41-21-32(47)26-5-7-31(46)36-27(26)6-8-34(48)44-36)42-35(49)11-15-45-13-9-25(10-14-45)52-38(50)43-29-12-16-53-37(29)22-3-2-4-24(40)17-22/h2-8,12,16-19,25,32,41,46-47H,9-11,13-15,20-21H2,1H3,(H,42,49)(H,43,50)(H,44,48)/t32-/m1/s1. The molecule has 5 aromatic rings. The van der Waals surface area contributed by atoms with Gasteiger partial charge in [0, 0.05) is 62.2 Å². The van der Waals surface area contributed by atoms with Crippen LogP contribution in [0.4, 0.5) is 20.6 Å². The molecule has 0 radical (unpaired) electrons. The third kappa shape index (κ3) is 9.52. The lowest BCUT2D eigenvalue weighted by molar-refractivity contribution is -0.116. The number of carbonyl (C=O) groups is 2. The van der Waals surface area contributed by atoms with E-state index in [2.05, 4.69) is 25.8 Å². The highest BCUT2D eigenvalue weighted by Crippen LogP contribution is 2.35. The van der Waals surface area contributed by atoms with Crippen molar-refractivity contribution in [3.05, 3.63) is 104 Å². The van der Waals surface area contributed by atoms with Gasteiger partial charge in [-0.3, -0.25) is 14.9 Å². The minimum absolute atomic E-state index is 0.0864. The van der Waals surface area contributed by atoms with Gasteiger partial charge in [0.05, 0.1) is 40.0 Å². The summed E-state index contributed by atoms with van der Waals surface area (Å²) < 4.78 is 25.0. The van der Waals surface area contributed by atoms with Crippen LogP contribution in [0.2, 0.25) is 5.02 Å². The van der Waals surface area contributed by atoms with Crippen molar-refractivity contribution in [1.29, 1.82) is 0 Å². The van der Waals surface area contributed by atoms with Crippen LogP contribution in [0.1, 0.15) is 36.5 Å². The number of carbonyl (C=O) groups excluding carboxylic acids is 2. The first-order valence-electron chi connectivity index (χ1n) is 17.0. The number of aromatic nitrogens is 1. The van der Waals surface area contributed by atoms with Crippen molar-refractivity contribution < 1.29 is 33.7 Å². The Labute approximate surface area is 313 Å². The van der Waals surface area contributed by atoms with E-state index in [-0.39, 0.29) is 47.6 Å². The number of thiophene rings is 1. The third-order valence-corrected chi connectivity index (χ3v) is 10.3. The van der Waals surface area contributed by atoms with Crippen LogP contribution in [0.3, 0.4) is 0 Å². The van der Waals surface area contributed by atoms with E-state index in [1.165, 1.54) is 42.7 Å². The molecule has 278 valence electrons. The van der Waals surface area contributed by atoms with Gasteiger partial charge in [-0.25, -0.2) is 9.18 Å². The number of likely N-dealkylation sites (tertiary alicyclic amines) is 1. The third-order valence-electron chi connectivity index (χ3n) is 9.02. The molecule has 1 saturated heterocycles. The molecule has 0 unspecified atom stereocenters. The van der Waals surface area contributed by atoms with Crippen molar-refractivity contribution in [2.24, 2.45) is 0 Å². The zero-order chi connectivity index (χ0) is 37.5. The number of aromatic amines is 1. The Morgan fingerprint density at radius 1 is 1.08 bits per heavy atom. The fourth-order valence-electron chi connectivity index (χ4n) is 6.30. The number of hydrogen-bond donors (Lipinski definition) is 6. The Morgan fingerprint density at radius 2 is 1.89 bits per heavy atom. The molecular weight excluding hydrogens is 725 g/mol. The first kappa shape index (κ1) is 37.8. The predicted molar refractivity (Wildman–Crippen MR) is 203 cm³/mol. The van der Waals surface area contributed by atoms with E-state index in [4.69, 9.17) is 21.1 Å². The number of nitrogens with one attached hydrogen (secondary N) is 4. The highest BCUT2D eigenvalue weighted by molar-refractivity contribution is 7.14. The second kappa shape index (κ2) is 17.2. The van der Waals surface area contributed by atoms with Gasteiger partial charge < -0.3 is 40.2 Å². The lowest BCUT2D eigenvalue weighted by Gasteiger charge is -2.31. The second-order valence-electron chi connectivity index (χ2n) is 12.6. The van der Waals surface area contributed by atoms with Gasteiger partial charge in [0.2, 0.25) is 11.5 Å². The van der Waals surface area contributed by atoms with E-state index in [0.29, 0.717) is 83.2 Å². The van der Waals surface area contributed by atoms with E-state index in [1.807, 2.05) is 5.38 Å². The van der Waals surface area contributed by atoms with Crippen LogP contribution in [0.15, 0.2) is 76.9 Å². The zero-order valence-electron chi connectivity index (χ0n) is 28.8. The molecule has 6 rings (SSSR count). The molecule has 3 aromatic carbocycles. The Morgan fingerprint density at radius 3 is 2.66 bits per heavy atom. The van der Waals surface area contributed by atoms with Crippen molar-refractivity contribution in [1.82, 2.24) is 15.2 Å². The molecule has 0 spiro atoms. The molecule has 0 saturated carbocycles. The summed E-state index contributed by atoms with van der Waals surface area (Å²) in [7, 11) is 1.51. The van der Waals surface area contributed by atoms with Gasteiger partial charge in [0.25, 0.3) is 0 Å². The Balaban J connectivity index is 0.939. The normalized spacial score (nSPS) is 14.2. The number of ether oxygens (including phenoxy) is 2. The number of amides is 2. The molecule has 53 heavy (non-hydrogen) atoms. The van der Waals surface area contributed by atoms with Crippen molar-refractivity contribution in [3.8, 4) is 21.9 Å². The number of benzene rings is 3. The fraction of sp³-hybridized carbons (Fsp3) is 0.289. The van der Waals surface area contributed by atoms with E-state index in [9.17, 15) is 29.0 Å². The number of aliphatic hydroxyl groups excluding tert-OH is 1. The summed E-state index contributed by atoms with van der Waals surface area (Å²) in [6, 6.07) is 17.2. The summed E-state index contributed by atoms with van der Waals surface area (Å²) in [5, 5.41) is 32.5. The Bertz CT molecular complexity index is 2150. The SMILES string of the molecule is COc1cc(NC(=O)CCN2CCC(OC(=O)Nc3ccsc3-c3cccc(F)c3)CC2)c(Cl)cc1CNC[C@@H](O)c1ccc(O)c2[nH]c(=O)ccc12. The molecule has 1 aliphatic heterocycles. The summed E-state index contributed by atoms with van der Waals surface area (Å²) >= 11 is 7.96. The number of nitrogens with zero attached hydrogens (tertiary/aromatic N) is 1. The number of fused-ring (bicyclic) bond motifs is 1. The molecule has 3 heterocycles. The van der Waals surface area contributed by atoms with Crippen LogP contribution >= 0.6 is 22.9 Å². The monoisotopic (exact) mass is 763 g/mol. The minimum atomic E-state index is -0.943. The molecule has 6 N–H and O–H groups in total. The van der Waals surface area contributed by atoms with Gasteiger partial charge in [-0.1, -0.05) is 29.8 Å². The minimum Gasteiger partial charge on any atom is -0.506 e. The first-order valence-corrected chi connectivity index (χ1v) is 18.3. The van der Waals surface area contributed by atoms with Crippen molar-refractivity contribution in [2.45, 2.75) is 38.0 Å². The lowest BCUT2D eigenvalue weighted by atomic mass is 10.0.